The first-order valence-electron chi connectivity index (χ1n) is 7.95. The van der Waals surface area contributed by atoms with E-state index in [1.165, 1.54) is 18.9 Å². The number of anilines is 1. The second kappa shape index (κ2) is 9.78. The van der Waals surface area contributed by atoms with Crippen molar-refractivity contribution in [3.63, 3.8) is 0 Å². The summed E-state index contributed by atoms with van der Waals surface area (Å²) in [6.45, 7) is 0.611. The minimum Gasteiger partial charge on any atom is -0.494 e. The van der Waals surface area contributed by atoms with E-state index < -0.39 is 5.97 Å². The third-order valence-corrected chi connectivity index (χ3v) is 3.46. The summed E-state index contributed by atoms with van der Waals surface area (Å²) in [7, 11) is 1.23. The predicted molar refractivity (Wildman–Crippen MR) is 96.0 cm³/mol. The summed E-state index contributed by atoms with van der Waals surface area (Å²) in [5.74, 6) is 0.0475. The van der Waals surface area contributed by atoms with E-state index in [0.29, 0.717) is 6.61 Å². The largest absolute Gasteiger partial charge is 0.494 e. The Bertz CT molecular complexity index is 764. The van der Waals surface area contributed by atoms with Gasteiger partial charge in [0.2, 0.25) is 0 Å². The summed E-state index contributed by atoms with van der Waals surface area (Å²) in [4.78, 5) is 11.3. The van der Waals surface area contributed by atoms with Crippen molar-refractivity contribution in [1.82, 2.24) is 0 Å². The molecule has 0 aliphatic rings. The summed E-state index contributed by atoms with van der Waals surface area (Å²) in [6.07, 6.45) is 3.20. The highest BCUT2D eigenvalue weighted by molar-refractivity contribution is 5.93. The molecular weight excluding hydrogens is 316 g/mol. The quantitative estimate of drug-likeness (QED) is 0.344. The first-order valence-corrected chi connectivity index (χ1v) is 7.95. The van der Waals surface area contributed by atoms with Crippen LogP contribution in [0.2, 0.25) is 0 Å². The zero-order valence-corrected chi connectivity index (χ0v) is 14.1. The van der Waals surface area contributed by atoms with E-state index in [1.54, 1.807) is 6.07 Å². The molecule has 0 aliphatic carbocycles. The fourth-order valence-corrected chi connectivity index (χ4v) is 2.19. The first kappa shape index (κ1) is 18.1. The van der Waals surface area contributed by atoms with Crippen molar-refractivity contribution in [1.29, 1.82) is 5.26 Å². The molecule has 5 nitrogen and oxygen atoms in total. The molecule has 0 saturated heterocycles. The molecule has 0 amide bonds. The number of methoxy groups -OCH3 is 1. The monoisotopic (exact) mass is 336 g/mol. The Balaban J connectivity index is 1.85. The van der Waals surface area contributed by atoms with Crippen LogP contribution >= 0.6 is 0 Å². The first-order chi connectivity index (χ1) is 12.2. The van der Waals surface area contributed by atoms with Crippen LogP contribution in [0, 0.1) is 11.3 Å². The average molecular weight is 336 g/mol. The lowest BCUT2D eigenvalue weighted by Gasteiger charge is -2.08. The van der Waals surface area contributed by atoms with Gasteiger partial charge in [0.25, 0.3) is 0 Å². The van der Waals surface area contributed by atoms with Crippen LogP contribution in [0.4, 0.5) is 5.69 Å². The number of esters is 1. The van der Waals surface area contributed by atoms with Crippen molar-refractivity contribution in [2.24, 2.45) is 0 Å². The van der Waals surface area contributed by atoms with Crippen molar-refractivity contribution < 1.29 is 14.3 Å². The molecule has 2 aromatic carbocycles. The third kappa shape index (κ3) is 6.04. The van der Waals surface area contributed by atoms with E-state index in [-0.39, 0.29) is 5.57 Å². The van der Waals surface area contributed by atoms with Crippen LogP contribution in [0.25, 0.3) is 0 Å². The van der Waals surface area contributed by atoms with E-state index in [1.807, 2.05) is 42.5 Å². The van der Waals surface area contributed by atoms with E-state index in [2.05, 4.69) is 22.2 Å². The van der Waals surface area contributed by atoms with Gasteiger partial charge in [-0.25, -0.2) is 4.79 Å². The third-order valence-electron chi connectivity index (χ3n) is 3.46. The molecule has 0 aromatic heterocycles. The van der Waals surface area contributed by atoms with Gasteiger partial charge in [0.05, 0.1) is 13.7 Å². The number of rotatable bonds is 8. The standard InChI is InChI=1S/C20H20N2O3/c1-24-20(23)17(14-21)15-22-18-10-5-11-19(13-18)25-12-6-9-16-7-3-2-4-8-16/h2-5,7-8,10-11,13,15,22H,6,9,12H2,1H3/b17-15+. The minimum atomic E-state index is -0.677. The second-order valence-corrected chi connectivity index (χ2v) is 5.27. The Labute approximate surface area is 147 Å². The molecule has 25 heavy (non-hydrogen) atoms. The normalized spacial score (nSPS) is 10.6. The molecule has 2 rings (SSSR count). The number of aryl methyl sites for hydroxylation is 1. The molecule has 5 heteroatoms. The fourth-order valence-electron chi connectivity index (χ4n) is 2.19. The topological polar surface area (TPSA) is 71.4 Å². The Kier molecular flexibility index (Phi) is 7.08. The summed E-state index contributed by atoms with van der Waals surface area (Å²) in [6, 6.07) is 19.4. The summed E-state index contributed by atoms with van der Waals surface area (Å²) >= 11 is 0. The molecule has 0 unspecified atom stereocenters. The fraction of sp³-hybridized carbons (Fsp3) is 0.200. The Morgan fingerprint density at radius 1 is 1.20 bits per heavy atom. The van der Waals surface area contributed by atoms with E-state index >= 15 is 0 Å². The summed E-state index contributed by atoms with van der Waals surface area (Å²) in [5.41, 5.74) is 1.91. The number of ether oxygens (including phenoxy) is 2. The molecule has 0 saturated carbocycles. The van der Waals surface area contributed by atoms with Crippen molar-refractivity contribution in [3.05, 3.63) is 71.9 Å². The van der Waals surface area contributed by atoms with Gasteiger partial charge in [-0.05, 0) is 30.5 Å². The molecule has 0 atom stereocenters. The highest BCUT2D eigenvalue weighted by atomic mass is 16.5. The van der Waals surface area contributed by atoms with Crippen molar-refractivity contribution in [2.45, 2.75) is 12.8 Å². The molecule has 0 aliphatic heterocycles. The number of benzene rings is 2. The number of hydrogen-bond acceptors (Lipinski definition) is 5. The van der Waals surface area contributed by atoms with Crippen LogP contribution in [-0.4, -0.2) is 19.7 Å². The molecule has 0 radical (unpaired) electrons. The van der Waals surface area contributed by atoms with E-state index in [4.69, 9.17) is 10.00 Å². The van der Waals surface area contributed by atoms with Gasteiger partial charge in [-0.2, -0.15) is 5.26 Å². The maximum absolute atomic E-state index is 11.3. The zero-order valence-electron chi connectivity index (χ0n) is 14.1. The summed E-state index contributed by atoms with van der Waals surface area (Å²) < 4.78 is 10.3. The zero-order chi connectivity index (χ0) is 17.9. The lowest BCUT2D eigenvalue weighted by atomic mass is 10.1. The van der Waals surface area contributed by atoms with Gasteiger partial charge < -0.3 is 14.8 Å². The predicted octanol–water partition coefficient (Wildman–Crippen LogP) is 3.69. The smallest absolute Gasteiger partial charge is 0.350 e. The highest BCUT2D eigenvalue weighted by Gasteiger charge is 2.07. The number of carbonyl (C=O) groups is 1. The average Bonchev–Trinajstić information content (AvgIpc) is 2.66. The number of carbonyl (C=O) groups excluding carboxylic acids is 1. The Hall–Kier alpha value is -3.26. The molecule has 0 spiro atoms. The van der Waals surface area contributed by atoms with Crippen LogP contribution in [-0.2, 0) is 16.0 Å². The van der Waals surface area contributed by atoms with E-state index in [0.717, 1.165) is 24.3 Å². The molecule has 2 aromatic rings. The van der Waals surface area contributed by atoms with Crippen molar-refractivity contribution in [2.75, 3.05) is 19.0 Å². The van der Waals surface area contributed by atoms with E-state index in [9.17, 15) is 4.79 Å². The van der Waals surface area contributed by atoms with Gasteiger partial charge in [-0.15, -0.1) is 0 Å². The highest BCUT2D eigenvalue weighted by Crippen LogP contribution is 2.18. The molecule has 128 valence electrons. The van der Waals surface area contributed by atoms with Crippen LogP contribution < -0.4 is 10.1 Å². The summed E-state index contributed by atoms with van der Waals surface area (Å²) in [5, 5.41) is 11.8. The molecular formula is C20H20N2O3. The van der Waals surface area contributed by atoms with Crippen LogP contribution in [0.5, 0.6) is 5.75 Å². The molecule has 0 heterocycles. The Morgan fingerprint density at radius 2 is 2.00 bits per heavy atom. The molecule has 1 N–H and O–H groups in total. The van der Waals surface area contributed by atoms with Crippen molar-refractivity contribution >= 4 is 11.7 Å². The van der Waals surface area contributed by atoms with Gasteiger partial charge in [-0.3, -0.25) is 0 Å². The lowest BCUT2D eigenvalue weighted by molar-refractivity contribution is -0.135. The maximum atomic E-state index is 11.3. The van der Waals surface area contributed by atoms with Gasteiger partial charge >= 0.3 is 5.97 Å². The lowest BCUT2D eigenvalue weighted by Crippen LogP contribution is -2.05. The van der Waals surface area contributed by atoms with Gasteiger partial charge in [-0.1, -0.05) is 36.4 Å². The second-order valence-electron chi connectivity index (χ2n) is 5.27. The van der Waals surface area contributed by atoms with Crippen LogP contribution in [0.3, 0.4) is 0 Å². The van der Waals surface area contributed by atoms with Gasteiger partial charge in [0.15, 0.2) is 5.57 Å². The number of hydrogen-bond donors (Lipinski definition) is 1. The van der Waals surface area contributed by atoms with Crippen LogP contribution in [0.15, 0.2) is 66.4 Å². The van der Waals surface area contributed by atoms with Crippen molar-refractivity contribution in [3.8, 4) is 11.8 Å². The number of nitriles is 1. The Morgan fingerprint density at radius 3 is 2.72 bits per heavy atom. The van der Waals surface area contributed by atoms with Gasteiger partial charge in [0, 0.05) is 18.0 Å². The SMILES string of the molecule is COC(=O)/C(C#N)=C/Nc1cccc(OCCCc2ccccc2)c1. The number of nitrogens with zero attached hydrogens (tertiary/aromatic N) is 1. The molecule has 0 bridgehead atoms. The molecule has 0 fully saturated rings. The van der Waals surface area contributed by atoms with Crippen LogP contribution in [0.1, 0.15) is 12.0 Å². The maximum Gasteiger partial charge on any atom is 0.350 e. The van der Waals surface area contributed by atoms with Gasteiger partial charge in [0.1, 0.15) is 11.8 Å². The number of nitrogens with one attached hydrogen (secondary N) is 1. The minimum absolute atomic E-state index is 0.100.